The maximum absolute atomic E-state index is 13.2. The van der Waals surface area contributed by atoms with Gasteiger partial charge in [0.05, 0.1) is 0 Å². The minimum atomic E-state index is -0.166. The number of benzene rings is 1. The van der Waals surface area contributed by atoms with Crippen LogP contribution in [0.1, 0.15) is 43.4 Å². The molecule has 100 valence electrons. The Hall–Kier alpha value is -0.930. The number of nitrogens with zero attached hydrogens (tertiary/aromatic N) is 1. The second kappa shape index (κ2) is 5.81. The molecule has 0 aliphatic heterocycles. The second-order valence-electron chi connectivity index (χ2n) is 5.22. The Labute approximate surface area is 109 Å². The van der Waals surface area contributed by atoms with Crippen LogP contribution in [-0.4, -0.2) is 24.0 Å². The highest BCUT2D eigenvalue weighted by Gasteiger charge is 2.33. The van der Waals surface area contributed by atoms with E-state index in [1.165, 1.54) is 18.4 Å². The molecule has 2 nitrogen and oxygen atoms in total. The van der Waals surface area contributed by atoms with Gasteiger partial charge in [0.1, 0.15) is 5.82 Å². The Morgan fingerprint density at radius 3 is 2.67 bits per heavy atom. The minimum absolute atomic E-state index is 0.166. The van der Waals surface area contributed by atoms with Crippen LogP contribution in [0.15, 0.2) is 18.2 Å². The molecule has 0 saturated heterocycles. The number of hydrogen-bond acceptors (Lipinski definition) is 2. The smallest absolute Gasteiger partial charge is 0.123 e. The van der Waals surface area contributed by atoms with Gasteiger partial charge in [-0.1, -0.05) is 13.0 Å². The van der Waals surface area contributed by atoms with Gasteiger partial charge in [-0.05, 0) is 56.0 Å². The topological polar surface area (TPSA) is 29.3 Å². The third kappa shape index (κ3) is 2.90. The standard InChI is InChI=1S/C15H23FN2/c1-3-8-18(13-5-6-13)15(10-17)14-7-4-12(16)9-11(14)2/h4,7,9,13,15H,3,5-6,8,10,17H2,1-2H3. The number of nitrogens with two attached hydrogens (primary N) is 1. The van der Waals surface area contributed by atoms with E-state index in [4.69, 9.17) is 5.73 Å². The van der Waals surface area contributed by atoms with Crippen molar-refractivity contribution in [3.8, 4) is 0 Å². The summed E-state index contributed by atoms with van der Waals surface area (Å²) >= 11 is 0. The van der Waals surface area contributed by atoms with Crippen LogP contribution in [-0.2, 0) is 0 Å². The molecule has 0 radical (unpaired) electrons. The SMILES string of the molecule is CCCN(C1CC1)C(CN)c1ccc(F)cc1C. The molecule has 0 heterocycles. The molecule has 1 aliphatic carbocycles. The van der Waals surface area contributed by atoms with E-state index in [-0.39, 0.29) is 11.9 Å². The predicted octanol–water partition coefficient (Wildman–Crippen LogP) is 3.01. The van der Waals surface area contributed by atoms with Gasteiger partial charge in [-0.25, -0.2) is 4.39 Å². The maximum Gasteiger partial charge on any atom is 0.123 e. The molecule has 0 bridgehead atoms. The normalized spacial score (nSPS) is 17.2. The van der Waals surface area contributed by atoms with Crippen LogP contribution in [0, 0.1) is 12.7 Å². The molecule has 0 aromatic heterocycles. The fourth-order valence-electron chi connectivity index (χ4n) is 2.71. The highest BCUT2D eigenvalue weighted by atomic mass is 19.1. The summed E-state index contributed by atoms with van der Waals surface area (Å²) in [6.07, 6.45) is 3.68. The van der Waals surface area contributed by atoms with Crippen molar-refractivity contribution in [3.63, 3.8) is 0 Å². The van der Waals surface area contributed by atoms with Crippen molar-refractivity contribution in [1.82, 2.24) is 4.90 Å². The molecule has 1 unspecified atom stereocenters. The molecule has 2 N–H and O–H groups in total. The van der Waals surface area contributed by atoms with Gasteiger partial charge in [0.25, 0.3) is 0 Å². The number of rotatable bonds is 6. The molecule has 1 saturated carbocycles. The Morgan fingerprint density at radius 2 is 2.17 bits per heavy atom. The zero-order valence-corrected chi connectivity index (χ0v) is 11.3. The average Bonchev–Trinajstić information content (AvgIpc) is 3.15. The lowest BCUT2D eigenvalue weighted by atomic mass is 9.99. The molecule has 1 aromatic rings. The molecule has 1 aromatic carbocycles. The number of aryl methyl sites for hydroxylation is 1. The van der Waals surface area contributed by atoms with Crippen molar-refractivity contribution in [2.24, 2.45) is 5.73 Å². The summed E-state index contributed by atoms with van der Waals surface area (Å²) in [6.45, 7) is 5.84. The highest BCUT2D eigenvalue weighted by Crippen LogP contribution is 2.35. The first-order valence-electron chi connectivity index (χ1n) is 6.89. The molecule has 1 fully saturated rings. The van der Waals surface area contributed by atoms with E-state index in [2.05, 4.69) is 11.8 Å². The van der Waals surface area contributed by atoms with Crippen molar-refractivity contribution in [2.75, 3.05) is 13.1 Å². The van der Waals surface area contributed by atoms with Crippen molar-refractivity contribution in [1.29, 1.82) is 0 Å². The van der Waals surface area contributed by atoms with Gasteiger partial charge in [-0.2, -0.15) is 0 Å². The van der Waals surface area contributed by atoms with Crippen LogP contribution in [0.5, 0.6) is 0 Å². The Balaban J connectivity index is 2.25. The van der Waals surface area contributed by atoms with E-state index in [1.54, 1.807) is 12.1 Å². The summed E-state index contributed by atoms with van der Waals surface area (Å²) in [5.41, 5.74) is 8.16. The highest BCUT2D eigenvalue weighted by molar-refractivity contribution is 5.30. The average molecular weight is 250 g/mol. The van der Waals surface area contributed by atoms with E-state index in [0.29, 0.717) is 12.6 Å². The lowest BCUT2D eigenvalue weighted by molar-refractivity contribution is 0.191. The van der Waals surface area contributed by atoms with E-state index in [1.807, 2.05) is 13.0 Å². The number of halogens is 1. The Morgan fingerprint density at radius 1 is 1.44 bits per heavy atom. The Bertz CT molecular complexity index is 401. The van der Waals surface area contributed by atoms with Gasteiger partial charge in [-0.3, -0.25) is 4.90 Å². The van der Waals surface area contributed by atoms with Gasteiger partial charge < -0.3 is 5.73 Å². The summed E-state index contributed by atoms with van der Waals surface area (Å²) in [6, 6.07) is 5.96. The van der Waals surface area contributed by atoms with Crippen molar-refractivity contribution >= 4 is 0 Å². The fraction of sp³-hybridized carbons (Fsp3) is 0.600. The first-order valence-corrected chi connectivity index (χ1v) is 6.89. The molecular weight excluding hydrogens is 227 g/mol. The van der Waals surface area contributed by atoms with Crippen LogP contribution in [0.3, 0.4) is 0 Å². The van der Waals surface area contributed by atoms with Crippen LogP contribution < -0.4 is 5.73 Å². The summed E-state index contributed by atoms with van der Waals surface area (Å²) in [5, 5.41) is 0. The lowest BCUT2D eigenvalue weighted by Crippen LogP contribution is -2.36. The summed E-state index contributed by atoms with van der Waals surface area (Å²) < 4.78 is 13.2. The van der Waals surface area contributed by atoms with E-state index >= 15 is 0 Å². The molecular formula is C15H23FN2. The molecule has 0 spiro atoms. The number of hydrogen-bond donors (Lipinski definition) is 1. The van der Waals surface area contributed by atoms with Gasteiger partial charge in [0.2, 0.25) is 0 Å². The maximum atomic E-state index is 13.2. The zero-order valence-electron chi connectivity index (χ0n) is 11.3. The summed E-state index contributed by atoms with van der Waals surface area (Å²) in [7, 11) is 0. The molecule has 18 heavy (non-hydrogen) atoms. The summed E-state index contributed by atoms with van der Waals surface area (Å²) in [4.78, 5) is 2.50. The quantitative estimate of drug-likeness (QED) is 0.841. The summed E-state index contributed by atoms with van der Waals surface area (Å²) in [5.74, 6) is -0.166. The van der Waals surface area contributed by atoms with E-state index in [9.17, 15) is 4.39 Å². The fourth-order valence-corrected chi connectivity index (χ4v) is 2.71. The van der Waals surface area contributed by atoms with E-state index in [0.717, 1.165) is 18.5 Å². The van der Waals surface area contributed by atoms with Crippen LogP contribution in [0.4, 0.5) is 4.39 Å². The van der Waals surface area contributed by atoms with E-state index < -0.39 is 0 Å². The predicted molar refractivity (Wildman–Crippen MR) is 73.0 cm³/mol. The largest absolute Gasteiger partial charge is 0.329 e. The molecule has 3 heteroatoms. The molecule has 0 amide bonds. The first-order chi connectivity index (χ1) is 8.67. The van der Waals surface area contributed by atoms with Gasteiger partial charge in [0.15, 0.2) is 0 Å². The Kier molecular flexibility index (Phi) is 4.36. The van der Waals surface area contributed by atoms with Crippen LogP contribution >= 0.6 is 0 Å². The molecule has 1 aliphatic rings. The lowest BCUT2D eigenvalue weighted by Gasteiger charge is -2.32. The van der Waals surface area contributed by atoms with Crippen molar-refractivity contribution in [2.45, 2.75) is 45.2 Å². The third-order valence-electron chi connectivity index (χ3n) is 3.71. The van der Waals surface area contributed by atoms with Crippen molar-refractivity contribution < 1.29 is 4.39 Å². The van der Waals surface area contributed by atoms with Crippen molar-refractivity contribution in [3.05, 3.63) is 35.1 Å². The van der Waals surface area contributed by atoms with Gasteiger partial charge in [-0.15, -0.1) is 0 Å². The van der Waals surface area contributed by atoms with Crippen LogP contribution in [0.25, 0.3) is 0 Å². The monoisotopic (exact) mass is 250 g/mol. The molecule has 2 rings (SSSR count). The minimum Gasteiger partial charge on any atom is -0.329 e. The third-order valence-corrected chi connectivity index (χ3v) is 3.71. The zero-order chi connectivity index (χ0) is 13.1. The van der Waals surface area contributed by atoms with Crippen LogP contribution in [0.2, 0.25) is 0 Å². The van der Waals surface area contributed by atoms with Gasteiger partial charge >= 0.3 is 0 Å². The first kappa shape index (κ1) is 13.5. The molecule has 1 atom stereocenters. The van der Waals surface area contributed by atoms with Gasteiger partial charge in [0, 0.05) is 18.6 Å². The second-order valence-corrected chi connectivity index (χ2v) is 5.22.